The number of benzene rings is 1. The highest BCUT2D eigenvalue weighted by Gasteiger charge is 2.17. The van der Waals surface area contributed by atoms with E-state index >= 15 is 0 Å². The number of carboxylic acid groups (broad SMARTS) is 1. The van der Waals surface area contributed by atoms with Crippen LogP contribution in [0.5, 0.6) is 5.75 Å². The van der Waals surface area contributed by atoms with Crippen LogP contribution in [0, 0.1) is 12.3 Å². The molecule has 0 saturated heterocycles. The van der Waals surface area contributed by atoms with Crippen molar-refractivity contribution >= 4 is 18.0 Å². The molecule has 0 radical (unpaired) electrons. The van der Waals surface area contributed by atoms with E-state index in [9.17, 15) is 9.59 Å². The molecule has 0 aliphatic heterocycles. The van der Waals surface area contributed by atoms with Crippen LogP contribution in [-0.2, 0) is 9.59 Å². The van der Waals surface area contributed by atoms with E-state index in [1.54, 1.807) is 12.1 Å². The molecular formula is C14H13NO4. The van der Waals surface area contributed by atoms with E-state index in [2.05, 4.69) is 11.2 Å². The summed E-state index contributed by atoms with van der Waals surface area (Å²) in [6, 6.07) is 5.11. The molecule has 19 heavy (non-hydrogen) atoms. The van der Waals surface area contributed by atoms with Gasteiger partial charge in [-0.25, -0.2) is 4.79 Å². The van der Waals surface area contributed by atoms with Crippen molar-refractivity contribution in [3.05, 3.63) is 35.9 Å². The van der Waals surface area contributed by atoms with Crippen LogP contribution < -0.4 is 5.32 Å². The Hall–Kier alpha value is -2.74. The first kappa shape index (κ1) is 14.3. The summed E-state index contributed by atoms with van der Waals surface area (Å²) < 4.78 is 0. The molecule has 3 N–H and O–H groups in total. The molecule has 0 saturated carbocycles. The molecule has 1 aromatic rings. The molecule has 1 aromatic carbocycles. The second kappa shape index (κ2) is 6.87. The highest BCUT2D eigenvalue weighted by molar-refractivity contribution is 5.94. The van der Waals surface area contributed by atoms with Crippen LogP contribution in [0.1, 0.15) is 12.0 Å². The summed E-state index contributed by atoms with van der Waals surface area (Å²) in [5, 5.41) is 20.2. The van der Waals surface area contributed by atoms with Gasteiger partial charge in [0.05, 0.1) is 0 Å². The van der Waals surface area contributed by atoms with Crippen molar-refractivity contribution in [3.8, 4) is 18.1 Å². The van der Waals surface area contributed by atoms with Gasteiger partial charge >= 0.3 is 5.97 Å². The van der Waals surface area contributed by atoms with E-state index in [1.807, 2.05) is 0 Å². The minimum absolute atomic E-state index is 0.0753. The summed E-state index contributed by atoms with van der Waals surface area (Å²) in [5.74, 6) is 0.591. The van der Waals surface area contributed by atoms with Gasteiger partial charge in [0.15, 0.2) is 0 Å². The first-order chi connectivity index (χ1) is 9.02. The molecule has 5 heteroatoms. The van der Waals surface area contributed by atoms with Gasteiger partial charge in [-0.3, -0.25) is 4.79 Å². The number of aliphatic carboxylic acids is 1. The number of carbonyl (C=O) groups is 2. The molecule has 0 bridgehead atoms. The lowest BCUT2D eigenvalue weighted by Crippen LogP contribution is -2.39. The molecule has 98 valence electrons. The predicted octanol–water partition coefficient (Wildman–Crippen LogP) is 0.998. The normalized spacial score (nSPS) is 11.7. The molecule has 1 rings (SSSR count). The van der Waals surface area contributed by atoms with Crippen molar-refractivity contribution in [2.24, 2.45) is 0 Å². The molecule has 0 aliphatic rings. The smallest absolute Gasteiger partial charge is 0.327 e. The fraction of sp³-hybridized carbons (Fsp3) is 0.143. The van der Waals surface area contributed by atoms with Gasteiger partial charge in [0.2, 0.25) is 5.91 Å². The van der Waals surface area contributed by atoms with E-state index in [0.717, 1.165) is 0 Å². The standard InChI is InChI=1S/C14H13NO4/c1-2-3-12(14(18)19)15-13(17)9-6-10-4-7-11(16)8-5-10/h1,4-9,12,16H,3H2,(H,15,17)(H,18,19)/b9-6+. The summed E-state index contributed by atoms with van der Waals surface area (Å²) in [6.07, 6.45) is 7.65. The van der Waals surface area contributed by atoms with Gasteiger partial charge in [0.1, 0.15) is 11.8 Å². The molecule has 0 spiro atoms. The Morgan fingerprint density at radius 3 is 2.53 bits per heavy atom. The van der Waals surface area contributed by atoms with Gasteiger partial charge in [-0.05, 0) is 23.8 Å². The molecule has 0 aromatic heterocycles. The zero-order chi connectivity index (χ0) is 14.3. The lowest BCUT2D eigenvalue weighted by Gasteiger charge is -2.09. The number of aromatic hydroxyl groups is 1. The van der Waals surface area contributed by atoms with E-state index in [0.29, 0.717) is 5.56 Å². The fourth-order valence-electron chi connectivity index (χ4n) is 1.30. The van der Waals surface area contributed by atoms with Gasteiger partial charge in [-0.1, -0.05) is 12.1 Å². The molecule has 1 unspecified atom stereocenters. The summed E-state index contributed by atoms with van der Waals surface area (Å²) in [5.41, 5.74) is 0.705. The number of carboxylic acids is 1. The van der Waals surface area contributed by atoms with Crippen LogP contribution in [0.4, 0.5) is 0 Å². The van der Waals surface area contributed by atoms with E-state index in [1.165, 1.54) is 24.3 Å². The first-order valence-electron chi connectivity index (χ1n) is 5.47. The molecule has 0 aliphatic carbocycles. The van der Waals surface area contributed by atoms with Crippen LogP contribution >= 0.6 is 0 Å². The van der Waals surface area contributed by atoms with Crippen molar-refractivity contribution in [2.75, 3.05) is 0 Å². The van der Waals surface area contributed by atoms with Crippen LogP contribution in [0.3, 0.4) is 0 Å². The molecule has 0 heterocycles. The number of hydrogen-bond acceptors (Lipinski definition) is 3. The summed E-state index contributed by atoms with van der Waals surface area (Å²) in [6.45, 7) is 0. The molecule has 1 amide bonds. The molecule has 1 atom stereocenters. The summed E-state index contributed by atoms with van der Waals surface area (Å²) in [7, 11) is 0. The average Bonchev–Trinajstić information content (AvgIpc) is 2.37. The maximum Gasteiger partial charge on any atom is 0.327 e. The number of carbonyl (C=O) groups excluding carboxylic acids is 1. The van der Waals surface area contributed by atoms with Crippen LogP contribution in [0.15, 0.2) is 30.3 Å². The van der Waals surface area contributed by atoms with Crippen molar-refractivity contribution in [2.45, 2.75) is 12.5 Å². The van der Waals surface area contributed by atoms with Gasteiger partial charge in [-0.2, -0.15) is 0 Å². The summed E-state index contributed by atoms with van der Waals surface area (Å²) in [4.78, 5) is 22.3. The third-order valence-electron chi connectivity index (χ3n) is 2.26. The number of terminal acetylenes is 1. The Morgan fingerprint density at radius 1 is 1.37 bits per heavy atom. The van der Waals surface area contributed by atoms with E-state index in [4.69, 9.17) is 16.6 Å². The van der Waals surface area contributed by atoms with E-state index < -0.39 is 17.9 Å². The Labute approximate surface area is 110 Å². The maximum atomic E-state index is 11.5. The minimum atomic E-state index is -1.18. The number of rotatable bonds is 5. The SMILES string of the molecule is C#CCC(NC(=O)/C=C/c1ccc(O)cc1)C(=O)O. The largest absolute Gasteiger partial charge is 0.508 e. The topological polar surface area (TPSA) is 86.6 Å². The van der Waals surface area contributed by atoms with Gasteiger partial charge in [0, 0.05) is 12.5 Å². The zero-order valence-electron chi connectivity index (χ0n) is 10.0. The number of phenols is 1. The highest BCUT2D eigenvalue weighted by Crippen LogP contribution is 2.10. The van der Waals surface area contributed by atoms with Gasteiger partial charge in [0.25, 0.3) is 0 Å². The Kier molecular flexibility index (Phi) is 5.17. The predicted molar refractivity (Wildman–Crippen MR) is 70.2 cm³/mol. The fourth-order valence-corrected chi connectivity index (χ4v) is 1.30. The summed E-state index contributed by atoms with van der Waals surface area (Å²) >= 11 is 0. The maximum absolute atomic E-state index is 11.5. The second-order valence-corrected chi connectivity index (χ2v) is 3.73. The quantitative estimate of drug-likeness (QED) is 0.544. The lowest BCUT2D eigenvalue weighted by atomic mass is 10.2. The number of nitrogens with one attached hydrogen (secondary N) is 1. The number of amides is 1. The van der Waals surface area contributed by atoms with Gasteiger partial charge < -0.3 is 15.5 Å². The number of phenolic OH excluding ortho intramolecular Hbond substituents is 1. The van der Waals surface area contributed by atoms with Crippen molar-refractivity contribution in [3.63, 3.8) is 0 Å². The zero-order valence-corrected chi connectivity index (χ0v) is 10.0. The molecular weight excluding hydrogens is 246 g/mol. The molecule has 5 nitrogen and oxygen atoms in total. The monoisotopic (exact) mass is 259 g/mol. The van der Waals surface area contributed by atoms with Crippen molar-refractivity contribution < 1.29 is 19.8 Å². The van der Waals surface area contributed by atoms with Crippen LogP contribution in [0.2, 0.25) is 0 Å². The Morgan fingerprint density at radius 2 is 2.00 bits per heavy atom. The number of hydrogen-bond donors (Lipinski definition) is 3. The Balaban J connectivity index is 2.61. The second-order valence-electron chi connectivity index (χ2n) is 3.73. The van der Waals surface area contributed by atoms with Crippen LogP contribution in [-0.4, -0.2) is 28.1 Å². The lowest BCUT2D eigenvalue weighted by molar-refractivity contribution is -0.141. The minimum Gasteiger partial charge on any atom is -0.508 e. The highest BCUT2D eigenvalue weighted by atomic mass is 16.4. The third-order valence-corrected chi connectivity index (χ3v) is 2.26. The Bertz CT molecular complexity index is 525. The average molecular weight is 259 g/mol. The first-order valence-corrected chi connectivity index (χ1v) is 5.47. The van der Waals surface area contributed by atoms with Crippen molar-refractivity contribution in [1.82, 2.24) is 5.32 Å². The van der Waals surface area contributed by atoms with Crippen LogP contribution in [0.25, 0.3) is 6.08 Å². The van der Waals surface area contributed by atoms with Gasteiger partial charge in [-0.15, -0.1) is 12.3 Å². The van der Waals surface area contributed by atoms with Crippen molar-refractivity contribution in [1.29, 1.82) is 0 Å². The third kappa shape index (κ3) is 4.96. The van der Waals surface area contributed by atoms with E-state index in [-0.39, 0.29) is 12.2 Å². The molecule has 0 fully saturated rings.